The number of aliphatic hydroxyl groups excluding tert-OH is 2. The SMILES string of the molecule is COc1cc(/C=C2\CC3C4CC=C5CC(O)CCC5(C)C4CC[C@]3(C)C2O)ccc1OCCCn1ccnc1. The van der Waals surface area contributed by atoms with Gasteiger partial charge in [-0.2, -0.15) is 0 Å². The molecule has 6 nitrogen and oxygen atoms in total. The van der Waals surface area contributed by atoms with Crippen molar-refractivity contribution in [3.05, 3.63) is 59.7 Å². The fraction of sp³-hybridized carbons (Fsp3) is 0.606. The van der Waals surface area contributed by atoms with Crippen LogP contribution in [-0.2, 0) is 6.54 Å². The third kappa shape index (κ3) is 4.74. The molecule has 6 rings (SSSR count). The molecule has 7 atom stereocenters. The van der Waals surface area contributed by atoms with Crippen molar-refractivity contribution in [3.8, 4) is 11.5 Å². The smallest absolute Gasteiger partial charge is 0.161 e. The van der Waals surface area contributed by atoms with Crippen LogP contribution >= 0.6 is 0 Å². The molecule has 3 fully saturated rings. The van der Waals surface area contributed by atoms with Crippen LogP contribution in [0.25, 0.3) is 6.08 Å². The number of nitrogens with zero attached hydrogens (tertiary/aromatic N) is 2. The molecule has 39 heavy (non-hydrogen) atoms. The van der Waals surface area contributed by atoms with E-state index in [0.29, 0.717) is 24.4 Å². The maximum atomic E-state index is 11.6. The zero-order chi connectivity index (χ0) is 27.2. The normalized spacial score (nSPS) is 36.6. The van der Waals surface area contributed by atoms with Crippen molar-refractivity contribution >= 4 is 6.08 Å². The number of methoxy groups -OCH3 is 1. The predicted molar refractivity (Wildman–Crippen MR) is 152 cm³/mol. The van der Waals surface area contributed by atoms with Gasteiger partial charge in [-0.1, -0.05) is 37.6 Å². The van der Waals surface area contributed by atoms with Crippen molar-refractivity contribution in [1.82, 2.24) is 9.55 Å². The van der Waals surface area contributed by atoms with Crippen LogP contribution in [0.5, 0.6) is 11.5 Å². The van der Waals surface area contributed by atoms with E-state index in [-0.39, 0.29) is 16.9 Å². The third-order valence-corrected chi connectivity index (χ3v) is 10.9. The Labute approximate surface area is 232 Å². The monoisotopic (exact) mass is 532 g/mol. The van der Waals surface area contributed by atoms with Gasteiger partial charge in [0.1, 0.15) is 0 Å². The highest BCUT2D eigenvalue weighted by molar-refractivity contribution is 5.60. The third-order valence-electron chi connectivity index (χ3n) is 10.9. The first kappa shape index (κ1) is 26.6. The second-order valence-corrected chi connectivity index (χ2v) is 12.9. The van der Waals surface area contributed by atoms with E-state index in [0.717, 1.165) is 74.1 Å². The summed E-state index contributed by atoms with van der Waals surface area (Å²) in [6.07, 6.45) is 17.7. The van der Waals surface area contributed by atoms with Gasteiger partial charge in [-0.25, -0.2) is 4.98 Å². The predicted octanol–water partition coefficient (Wildman–Crippen LogP) is 6.04. The molecule has 210 valence electrons. The van der Waals surface area contributed by atoms with E-state index in [9.17, 15) is 10.2 Å². The van der Waals surface area contributed by atoms with Gasteiger partial charge in [0.05, 0.1) is 32.3 Å². The molecule has 0 amide bonds. The first-order valence-corrected chi connectivity index (χ1v) is 14.8. The molecule has 4 aliphatic rings. The number of imidazole rings is 1. The largest absolute Gasteiger partial charge is 0.493 e. The van der Waals surface area contributed by atoms with E-state index in [1.165, 1.54) is 12.0 Å². The minimum Gasteiger partial charge on any atom is -0.493 e. The number of rotatable bonds is 7. The van der Waals surface area contributed by atoms with Gasteiger partial charge in [-0.3, -0.25) is 0 Å². The summed E-state index contributed by atoms with van der Waals surface area (Å²) in [4.78, 5) is 4.08. The fourth-order valence-electron chi connectivity index (χ4n) is 8.60. The average Bonchev–Trinajstić information content (AvgIpc) is 3.54. The highest BCUT2D eigenvalue weighted by Crippen LogP contribution is 2.65. The van der Waals surface area contributed by atoms with Gasteiger partial charge < -0.3 is 24.3 Å². The lowest BCUT2D eigenvalue weighted by Gasteiger charge is -2.57. The van der Waals surface area contributed by atoms with Gasteiger partial charge in [-0.05, 0) is 97.8 Å². The highest BCUT2D eigenvalue weighted by atomic mass is 16.5. The van der Waals surface area contributed by atoms with Crippen LogP contribution in [0.1, 0.15) is 70.8 Å². The number of benzene rings is 1. The summed E-state index contributed by atoms with van der Waals surface area (Å²) < 4.78 is 13.8. The molecule has 2 N–H and O–H groups in total. The van der Waals surface area contributed by atoms with Gasteiger partial charge in [0, 0.05) is 24.4 Å². The molecule has 0 spiro atoms. The Hall–Kier alpha value is -2.57. The van der Waals surface area contributed by atoms with Gasteiger partial charge in [0.15, 0.2) is 11.5 Å². The lowest BCUT2D eigenvalue weighted by atomic mass is 9.48. The number of aliphatic hydroxyl groups is 2. The van der Waals surface area contributed by atoms with Crippen molar-refractivity contribution in [3.63, 3.8) is 0 Å². The number of hydrogen-bond acceptors (Lipinski definition) is 5. The number of fused-ring (bicyclic) bond motifs is 5. The van der Waals surface area contributed by atoms with Crippen molar-refractivity contribution in [1.29, 1.82) is 0 Å². The maximum Gasteiger partial charge on any atom is 0.161 e. The Morgan fingerprint density at radius 3 is 2.77 bits per heavy atom. The van der Waals surface area contributed by atoms with E-state index < -0.39 is 6.10 Å². The Morgan fingerprint density at radius 2 is 1.97 bits per heavy atom. The maximum absolute atomic E-state index is 11.6. The molecular weight excluding hydrogens is 488 g/mol. The minimum atomic E-state index is -0.417. The van der Waals surface area contributed by atoms with Crippen LogP contribution in [0.2, 0.25) is 0 Å². The summed E-state index contributed by atoms with van der Waals surface area (Å²) in [5, 5.41) is 22.0. The van der Waals surface area contributed by atoms with Crippen molar-refractivity contribution in [2.24, 2.45) is 28.6 Å². The summed E-state index contributed by atoms with van der Waals surface area (Å²) >= 11 is 0. The summed E-state index contributed by atoms with van der Waals surface area (Å²) in [7, 11) is 1.68. The van der Waals surface area contributed by atoms with Gasteiger partial charge >= 0.3 is 0 Å². The molecule has 1 aromatic heterocycles. The second-order valence-electron chi connectivity index (χ2n) is 12.9. The first-order chi connectivity index (χ1) is 18.8. The standard InChI is InChI=1S/C33H44N2O4/c1-32-11-9-25(36)20-24(32)6-7-26-27(32)10-12-33(2)28(26)19-23(31(33)37)17-22-5-8-29(30(18-22)38-3)39-16-4-14-35-15-13-34-21-35/h5-6,8,13,15,17-18,21,25-28,31,36-37H,4,7,9-12,14,16,19-20H2,1-3H3/b23-17+/t25?,26?,27?,28?,31?,32?,33-/m0/s1. The van der Waals surface area contributed by atoms with Gasteiger partial charge in [-0.15, -0.1) is 0 Å². The minimum absolute atomic E-state index is 0.0781. The Kier molecular flexibility index (Phi) is 7.13. The zero-order valence-corrected chi connectivity index (χ0v) is 23.7. The van der Waals surface area contributed by atoms with Crippen LogP contribution in [-0.4, -0.2) is 45.7 Å². The van der Waals surface area contributed by atoms with Crippen LogP contribution in [0.15, 0.2) is 54.1 Å². The summed E-state index contributed by atoms with van der Waals surface area (Å²) in [6, 6.07) is 6.09. The molecule has 2 aromatic rings. The number of aryl methyl sites for hydroxylation is 1. The van der Waals surface area contributed by atoms with Gasteiger partial charge in [0.25, 0.3) is 0 Å². The first-order valence-electron chi connectivity index (χ1n) is 14.8. The summed E-state index contributed by atoms with van der Waals surface area (Å²) in [5.74, 6) is 3.21. The Bertz CT molecular complexity index is 1240. The Morgan fingerprint density at radius 1 is 1.10 bits per heavy atom. The molecule has 0 radical (unpaired) electrons. The lowest BCUT2D eigenvalue weighted by molar-refractivity contribution is -0.0685. The summed E-state index contributed by atoms with van der Waals surface area (Å²) in [5.41, 5.74) is 3.83. The molecule has 0 bridgehead atoms. The molecule has 0 aliphatic heterocycles. The van der Waals surface area contributed by atoms with Crippen LogP contribution in [0, 0.1) is 28.6 Å². The van der Waals surface area contributed by atoms with Crippen LogP contribution in [0.3, 0.4) is 0 Å². The number of ether oxygens (including phenoxy) is 2. The van der Waals surface area contributed by atoms with Crippen LogP contribution < -0.4 is 9.47 Å². The van der Waals surface area contributed by atoms with E-state index in [4.69, 9.17) is 9.47 Å². The fourth-order valence-corrected chi connectivity index (χ4v) is 8.60. The highest BCUT2D eigenvalue weighted by Gasteiger charge is 2.59. The van der Waals surface area contributed by atoms with E-state index in [1.54, 1.807) is 13.3 Å². The topological polar surface area (TPSA) is 76.7 Å². The molecule has 3 saturated carbocycles. The number of aromatic nitrogens is 2. The quantitative estimate of drug-likeness (QED) is 0.336. The number of allylic oxidation sites excluding steroid dienone is 1. The second kappa shape index (κ2) is 10.4. The van der Waals surface area contributed by atoms with E-state index in [1.807, 2.05) is 29.2 Å². The van der Waals surface area contributed by atoms with E-state index >= 15 is 0 Å². The molecule has 6 unspecified atom stereocenters. The Balaban J connectivity index is 1.17. The van der Waals surface area contributed by atoms with Crippen LogP contribution in [0.4, 0.5) is 0 Å². The molecule has 6 heteroatoms. The van der Waals surface area contributed by atoms with E-state index in [2.05, 4.69) is 37.0 Å². The van der Waals surface area contributed by atoms with Crippen molar-refractivity contribution in [2.75, 3.05) is 13.7 Å². The zero-order valence-electron chi connectivity index (χ0n) is 23.7. The molecule has 1 heterocycles. The lowest BCUT2D eigenvalue weighted by Crippen LogP contribution is -2.51. The molecule has 0 saturated heterocycles. The molecule has 4 aliphatic carbocycles. The average molecular weight is 533 g/mol. The molecular formula is C33H44N2O4. The van der Waals surface area contributed by atoms with Crippen molar-refractivity contribution in [2.45, 2.75) is 84.0 Å². The molecule has 1 aromatic carbocycles. The van der Waals surface area contributed by atoms with Crippen molar-refractivity contribution < 1.29 is 19.7 Å². The van der Waals surface area contributed by atoms with Gasteiger partial charge in [0.2, 0.25) is 0 Å². The summed E-state index contributed by atoms with van der Waals surface area (Å²) in [6.45, 7) is 6.25. The number of hydrogen-bond donors (Lipinski definition) is 2.